The first kappa shape index (κ1) is 28.3. The van der Waals surface area contributed by atoms with E-state index in [4.69, 9.17) is 28.4 Å². The molecule has 3 aromatic rings. The SMILES string of the molecule is COc1cccc([C@@H]2OC[C@H]([C@@H](O)c3ccc(OC)c(OC)c3)C[C@H]2C/C=C/c2ccc(OC)c(OC)c2)c1. The van der Waals surface area contributed by atoms with E-state index in [0.29, 0.717) is 29.6 Å². The molecule has 1 fully saturated rings. The highest BCUT2D eigenvalue weighted by molar-refractivity contribution is 5.56. The molecule has 4 atom stereocenters. The Morgan fingerprint density at radius 3 is 2.21 bits per heavy atom. The highest BCUT2D eigenvalue weighted by atomic mass is 16.5. The molecule has 3 aromatic carbocycles. The molecule has 0 amide bonds. The third kappa shape index (κ3) is 6.67. The van der Waals surface area contributed by atoms with E-state index in [1.165, 1.54) is 0 Å². The molecule has 1 N–H and O–H groups in total. The predicted octanol–water partition coefficient (Wildman–Crippen LogP) is 6.26. The van der Waals surface area contributed by atoms with E-state index in [-0.39, 0.29) is 17.9 Å². The van der Waals surface area contributed by atoms with Gasteiger partial charge in [0.05, 0.1) is 54.4 Å². The van der Waals surface area contributed by atoms with Crippen LogP contribution in [0.4, 0.5) is 0 Å². The number of hydrogen-bond donors (Lipinski definition) is 1. The quantitative estimate of drug-likeness (QED) is 0.311. The molecule has 0 radical (unpaired) electrons. The molecule has 0 saturated carbocycles. The third-order valence-electron chi connectivity index (χ3n) is 7.30. The lowest BCUT2D eigenvalue weighted by atomic mass is 9.79. The minimum atomic E-state index is -0.701. The fraction of sp³-hybridized carbons (Fsp3) is 0.375. The van der Waals surface area contributed by atoms with Crippen LogP contribution < -0.4 is 23.7 Å². The van der Waals surface area contributed by atoms with Gasteiger partial charge in [-0.15, -0.1) is 0 Å². The summed E-state index contributed by atoms with van der Waals surface area (Å²) in [5.74, 6) is 3.46. The molecule has 0 aromatic heterocycles. The first-order valence-electron chi connectivity index (χ1n) is 13.0. The highest BCUT2D eigenvalue weighted by Gasteiger charge is 2.36. The zero-order valence-electron chi connectivity index (χ0n) is 23.3. The maximum absolute atomic E-state index is 11.4. The summed E-state index contributed by atoms with van der Waals surface area (Å²) in [5.41, 5.74) is 2.86. The lowest BCUT2D eigenvalue weighted by molar-refractivity contribution is -0.0901. The molecule has 1 aliphatic rings. The van der Waals surface area contributed by atoms with Gasteiger partial charge in [-0.25, -0.2) is 0 Å². The van der Waals surface area contributed by atoms with Crippen LogP contribution in [0, 0.1) is 11.8 Å². The molecular weight excluding hydrogens is 496 g/mol. The number of rotatable bonds is 11. The van der Waals surface area contributed by atoms with E-state index in [2.05, 4.69) is 18.2 Å². The minimum Gasteiger partial charge on any atom is -0.497 e. The van der Waals surface area contributed by atoms with Gasteiger partial charge in [0.15, 0.2) is 23.0 Å². The molecule has 0 bridgehead atoms. The molecule has 208 valence electrons. The standard InChI is InChI=1S/C32H38O7/c1-34-26-11-7-10-24(18-26)32-23(9-6-8-21-12-14-27(35-2)29(16-21)37-4)17-25(20-39-32)31(33)22-13-15-28(36-3)30(19-22)38-5/h6-8,10-16,18-19,23,25,31-33H,9,17,20H2,1-5H3/b8-6+/t23-,25-,31+,32-/m1/s1. The number of benzene rings is 3. The van der Waals surface area contributed by atoms with Crippen LogP contribution in [-0.2, 0) is 4.74 Å². The number of ether oxygens (including phenoxy) is 6. The minimum absolute atomic E-state index is 0.0792. The Morgan fingerprint density at radius 2 is 1.51 bits per heavy atom. The van der Waals surface area contributed by atoms with Gasteiger partial charge in [0.2, 0.25) is 0 Å². The van der Waals surface area contributed by atoms with Gasteiger partial charge in [0.1, 0.15) is 5.75 Å². The Balaban J connectivity index is 1.56. The van der Waals surface area contributed by atoms with Crippen molar-refractivity contribution >= 4 is 6.08 Å². The second-order valence-corrected chi connectivity index (χ2v) is 9.60. The Morgan fingerprint density at radius 1 is 0.821 bits per heavy atom. The van der Waals surface area contributed by atoms with Crippen molar-refractivity contribution in [3.63, 3.8) is 0 Å². The normalized spacial score (nSPS) is 19.9. The van der Waals surface area contributed by atoms with Gasteiger partial charge >= 0.3 is 0 Å². The van der Waals surface area contributed by atoms with Crippen LogP contribution >= 0.6 is 0 Å². The molecule has 39 heavy (non-hydrogen) atoms. The fourth-order valence-electron chi connectivity index (χ4n) is 5.21. The van der Waals surface area contributed by atoms with E-state index in [1.54, 1.807) is 35.5 Å². The van der Waals surface area contributed by atoms with Gasteiger partial charge in [-0.3, -0.25) is 0 Å². The summed E-state index contributed by atoms with van der Waals surface area (Å²) in [6.45, 7) is 0.438. The van der Waals surface area contributed by atoms with Gasteiger partial charge in [-0.1, -0.05) is 36.4 Å². The lowest BCUT2D eigenvalue weighted by Gasteiger charge is -2.38. The monoisotopic (exact) mass is 534 g/mol. The van der Waals surface area contributed by atoms with Crippen LogP contribution in [0.5, 0.6) is 28.7 Å². The van der Waals surface area contributed by atoms with Crippen molar-refractivity contribution < 1.29 is 33.5 Å². The Hall–Kier alpha value is -3.68. The summed E-state index contributed by atoms with van der Waals surface area (Å²) in [6.07, 6.45) is 4.98. The first-order valence-corrected chi connectivity index (χ1v) is 13.0. The van der Waals surface area contributed by atoms with Gasteiger partial charge in [0, 0.05) is 5.92 Å². The van der Waals surface area contributed by atoms with E-state index in [9.17, 15) is 5.11 Å². The molecule has 0 spiro atoms. The summed E-state index contributed by atoms with van der Waals surface area (Å²) in [5, 5.41) is 11.4. The van der Waals surface area contributed by atoms with Gasteiger partial charge in [-0.2, -0.15) is 0 Å². The topological polar surface area (TPSA) is 75.6 Å². The second-order valence-electron chi connectivity index (χ2n) is 9.60. The highest BCUT2D eigenvalue weighted by Crippen LogP contribution is 2.44. The molecule has 7 nitrogen and oxygen atoms in total. The molecule has 1 heterocycles. The molecule has 4 rings (SSSR count). The predicted molar refractivity (Wildman–Crippen MR) is 151 cm³/mol. The van der Waals surface area contributed by atoms with Crippen LogP contribution in [0.3, 0.4) is 0 Å². The summed E-state index contributed by atoms with van der Waals surface area (Å²) in [4.78, 5) is 0. The number of aliphatic hydroxyl groups excluding tert-OH is 1. The van der Waals surface area contributed by atoms with Gasteiger partial charge < -0.3 is 33.5 Å². The van der Waals surface area contributed by atoms with Crippen molar-refractivity contribution in [2.45, 2.75) is 25.0 Å². The van der Waals surface area contributed by atoms with Gasteiger partial charge in [-0.05, 0) is 71.8 Å². The maximum atomic E-state index is 11.4. The van der Waals surface area contributed by atoms with Crippen molar-refractivity contribution in [3.8, 4) is 28.7 Å². The number of hydrogen-bond acceptors (Lipinski definition) is 7. The van der Waals surface area contributed by atoms with Crippen molar-refractivity contribution in [1.82, 2.24) is 0 Å². The first-order chi connectivity index (χ1) is 19.0. The second kappa shape index (κ2) is 13.4. The molecule has 7 heteroatoms. The van der Waals surface area contributed by atoms with Gasteiger partial charge in [0.25, 0.3) is 0 Å². The zero-order chi connectivity index (χ0) is 27.8. The molecule has 1 aliphatic heterocycles. The fourth-order valence-corrected chi connectivity index (χ4v) is 5.21. The maximum Gasteiger partial charge on any atom is 0.161 e. The Kier molecular flexibility index (Phi) is 9.74. The molecule has 1 saturated heterocycles. The number of methoxy groups -OCH3 is 5. The summed E-state index contributed by atoms with van der Waals surface area (Å²) in [6, 6.07) is 19.4. The van der Waals surface area contributed by atoms with Crippen molar-refractivity contribution in [2.24, 2.45) is 11.8 Å². The van der Waals surface area contributed by atoms with Crippen LogP contribution in [0.25, 0.3) is 6.08 Å². The average Bonchev–Trinajstić information content (AvgIpc) is 3.00. The molecule has 0 aliphatic carbocycles. The summed E-state index contributed by atoms with van der Waals surface area (Å²) in [7, 11) is 8.12. The summed E-state index contributed by atoms with van der Waals surface area (Å²) < 4.78 is 33.5. The third-order valence-corrected chi connectivity index (χ3v) is 7.30. The van der Waals surface area contributed by atoms with Crippen molar-refractivity contribution in [3.05, 3.63) is 83.4 Å². The largest absolute Gasteiger partial charge is 0.497 e. The molecule has 0 unspecified atom stereocenters. The Bertz CT molecular complexity index is 1260. The van der Waals surface area contributed by atoms with Crippen LogP contribution in [0.1, 0.15) is 41.7 Å². The van der Waals surface area contributed by atoms with E-state index >= 15 is 0 Å². The van der Waals surface area contributed by atoms with Crippen molar-refractivity contribution in [1.29, 1.82) is 0 Å². The van der Waals surface area contributed by atoms with E-state index in [1.807, 2.05) is 54.6 Å². The smallest absolute Gasteiger partial charge is 0.161 e. The van der Waals surface area contributed by atoms with Crippen molar-refractivity contribution in [2.75, 3.05) is 42.2 Å². The van der Waals surface area contributed by atoms with Crippen LogP contribution in [-0.4, -0.2) is 47.3 Å². The average molecular weight is 535 g/mol. The summed E-state index contributed by atoms with van der Waals surface area (Å²) >= 11 is 0. The van der Waals surface area contributed by atoms with Crippen LogP contribution in [0.2, 0.25) is 0 Å². The van der Waals surface area contributed by atoms with E-state index < -0.39 is 6.10 Å². The van der Waals surface area contributed by atoms with E-state index in [0.717, 1.165) is 35.3 Å². The number of allylic oxidation sites excluding steroid dienone is 1. The number of aliphatic hydroxyl groups is 1. The molecular formula is C32H38O7. The lowest BCUT2D eigenvalue weighted by Crippen LogP contribution is -2.32. The Labute approximate surface area is 230 Å². The zero-order valence-corrected chi connectivity index (χ0v) is 23.3. The van der Waals surface area contributed by atoms with Crippen LogP contribution in [0.15, 0.2) is 66.7 Å².